The number of para-hydroxylation sites is 2. The van der Waals surface area contributed by atoms with Gasteiger partial charge in [-0.3, -0.25) is 9.79 Å². The van der Waals surface area contributed by atoms with Gasteiger partial charge >= 0.3 is 0 Å². The Kier molecular flexibility index (Phi) is 3.58. The summed E-state index contributed by atoms with van der Waals surface area (Å²) in [6.45, 7) is 0. The number of nitrogens with zero attached hydrogens (tertiary/aromatic N) is 2. The standard InChI is InChI=1S/C15H12ClN3O2/c1-21-12-5-3-2-4-11(12)17-8-10-9-6-7-13(16)18-14(9)19-15(10)20/h2-8,10H,1H3,(H,18,19,20). The molecule has 21 heavy (non-hydrogen) atoms. The van der Waals surface area contributed by atoms with Gasteiger partial charge in [-0.1, -0.05) is 29.8 Å². The van der Waals surface area contributed by atoms with Gasteiger partial charge in [-0.15, -0.1) is 0 Å². The van der Waals surface area contributed by atoms with Crippen molar-refractivity contribution in [1.82, 2.24) is 4.98 Å². The van der Waals surface area contributed by atoms with Crippen molar-refractivity contribution in [1.29, 1.82) is 0 Å². The van der Waals surface area contributed by atoms with Gasteiger partial charge in [-0.2, -0.15) is 0 Å². The number of hydrogen-bond acceptors (Lipinski definition) is 4. The van der Waals surface area contributed by atoms with Crippen molar-refractivity contribution in [3.63, 3.8) is 0 Å². The number of carbonyl (C=O) groups is 1. The van der Waals surface area contributed by atoms with E-state index in [1.54, 1.807) is 25.5 Å². The quantitative estimate of drug-likeness (QED) is 0.699. The molecule has 1 N–H and O–H groups in total. The number of aromatic nitrogens is 1. The molecule has 2 aromatic rings. The van der Waals surface area contributed by atoms with E-state index in [9.17, 15) is 4.79 Å². The van der Waals surface area contributed by atoms with Crippen LogP contribution in [-0.2, 0) is 4.79 Å². The summed E-state index contributed by atoms with van der Waals surface area (Å²) >= 11 is 5.82. The minimum Gasteiger partial charge on any atom is -0.494 e. The van der Waals surface area contributed by atoms with Gasteiger partial charge in [-0.25, -0.2) is 4.98 Å². The SMILES string of the molecule is COc1ccccc1N=CC1C(=O)Nc2nc(Cl)ccc21. The number of aliphatic imine (C=N–C) groups is 1. The third-order valence-electron chi connectivity index (χ3n) is 3.20. The summed E-state index contributed by atoms with van der Waals surface area (Å²) in [4.78, 5) is 20.5. The van der Waals surface area contributed by atoms with Gasteiger partial charge in [0, 0.05) is 11.8 Å². The molecule has 1 atom stereocenters. The monoisotopic (exact) mass is 301 g/mol. The Bertz CT molecular complexity index is 731. The lowest BCUT2D eigenvalue weighted by Gasteiger charge is -2.04. The topological polar surface area (TPSA) is 63.6 Å². The molecule has 1 aliphatic rings. The van der Waals surface area contributed by atoms with Crippen molar-refractivity contribution in [2.45, 2.75) is 5.92 Å². The zero-order valence-electron chi connectivity index (χ0n) is 11.2. The molecule has 5 nitrogen and oxygen atoms in total. The lowest BCUT2D eigenvalue weighted by Crippen LogP contribution is -2.12. The minimum atomic E-state index is -0.477. The van der Waals surface area contributed by atoms with Gasteiger partial charge in [-0.05, 0) is 18.2 Å². The predicted octanol–water partition coefficient (Wildman–Crippen LogP) is 3.18. The highest BCUT2D eigenvalue weighted by Gasteiger charge is 2.30. The van der Waals surface area contributed by atoms with Gasteiger partial charge in [0.25, 0.3) is 0 Å². The number of methoxy groups -OCH3 is 1. The summed E-state index contributed by atoms with van der Waals surface area (Å²) in [6.07, 6.45) is 1.59. The number of benzene rings is 1. The van der Waals surface area contributed by atoms with E-state index in [0.29, 0.717) is 22.4 Å². The van der Waals surface area contributed by atoms with E-state index in [1.165, 1.54) is 0 Å². The van der Waals surface area contributed by atoms with E-state index in [0.717, 1.165) is 5.56 Å². The van der Waals surface area contributed by atoms with Crippen LogP contribution in [0.3, 0.4) is 0 Å². The van der Waals surface area contributed by atoms with Gasteiger partial charge in [0.05, 0.1) is 7.11 Å². The largest absolute Gasteiger partial charge is 0.494 e. The Morgan fingerprint density at radius 1 is 1.33 bits per heavy atom. The highest BCUT2D eigenvalue weighted by molar-refractivity contribution is 6.29. The molecule has 106 valence electrons. The molecule has 0 bridgehead atoms. The van der Waals surface area contributed by atoms with E-state index in [1.807, 2.05) is 24.3 Å². The minimum absolute atomic E-state index is 0.168. The van der Waals surface area contributed by atoms with Crippen LogP contribution >= 0.6 is 11.6 Å². The van der Waals surface area contributed by atoms with Crippen LogP contribution in [0.2, 0.25) is 5.15 Å². The van der Waals surface area contributed by atoms with Crippen LogP contribution in [0.1, 0.15) is 11.5 Å². The molecule has 0 fully saturated rings. The molecule has 3 rings (SSSR count). The smallest absolute Gasteiger partial charge is 0.238 e. The summed E-state index contributed by atoms with van der Waals surface area (Å²) in [6, 6.07) is 10.8. The van der Waals surface area contributed by atoms with E-state index in [2.05, 4.69) is 15.3 Å². The van der Waals surface area contributed by atoms with Gasteiger partial charge in [0.15, 0.2) is 0 Å². The zero-order chi connectivity index (χ0) is 14.8. The number of amides is 1. The van der Waals surface area contributed by atoms with E-state index in [4.69, 9.17) is 16.3 Å². The first-order valence-electron chi connectivity index (χ1n) is 6.33. The van der Waals surface area contributed by atoms with Gasteiger partial charge in [0.1, 0.15) is 28.3 Å². The maximum atomic E-state index is 12.0. The maximum Gasteiger partial charge on any atom is 0.238 e. The summed E-state index contributed by atoms with van der Waals surface area (Å²) < 4.78 is 5.23. The number of ether oxygens (including phenoxy) is 1. The number of carbonyl (C=O) groups excluding carboxylic acids is 1. The fourth-order valence-corrected chi connectivity index (χ4v) is 2.32. The second kappa shape index (κ2) is 5.54. The molecular weight excluding hydrogens is 290 g/mol. The molecule has 0 radical (unpaired) electrons. The molecule has 2 heterocycles. The fourth-order valence-electron chi connectivity index (χ4n) is 2.17. The van der Waals surface area contributed by atoms with E-state index >= 15 is 0 Å². The summed E-state index contributed by atoms with van der Waals surface area (Å²) in [5, 5.41) is 3.04. The first-order chi connectivity index (χ1) is 10.2. The molecule has 1 aliphatic heterocycles. The molecule has 0 spiro atoms. The number of anilines is 1. The Balaban J connectivity index is 1.92. The highest BCUT2D eigenvalue weighted by atomic mass is 35.5. The van der Waals surface area contributed by atoms with Gasteiger partial charge < -0.3 is 10.1 Å². The third-order valence-corrected chi connectivity index (χ3v) is 3.41. The Morgan fingerprint density at radius 2 is 2.14 bits per heavy atom. The molecule has 1 unspecified atom stereocenters. The summed E-state index contributed by atoms with van der Waals surface area (Å²) in [5.41, 5.74) is 1.44. The molecule has 0 aliphatic carbocycles. The number of hydrogen-bond donors (Lipinski definition) is 1. The lowest BCUT2D eigenvalue weighted by atomic mass is 10.0. The van der Waals surface area contributed by atoms with E-state index < -0.39 is 5.92 Å². The fraction of sp³-hybridized carbons (Fsp3) is 0.133. The first-order valence-corrected chi connectivity index (χ1v) is 6.71. The second-order valence-electron chi connectivity index (χ2n) is 4.49. The Morgan fingerprint density at radius 3 is 2.95 bits per heavy atom. The Labute approximate surface area is 126 Å². The molecule has 0 saturated heterocycles. The predicted molar refractivity (Wildman–Crippen MR) is 81.8 cm³/mol. The van der Waals surface area contributed by atoms with Crippen LogP contribution in [0.4, 0.5) is 11.5 Å². The molecule has 0 saturated carbocycles. The molecule has 1 amide bonds. The number of halogens is 1. The molecule has 6 heteroatoms. The summed E-state index contributed by atoms with van der Waals surface area (Å²) in [5.74, 6) is 0.499. The first kappa shape index (κ1) is 13.6. The lowest BCUT2D eigenvalue weighted by molar-refractivity contribution is -0.115. The van der Waals surface area contributed by atoms with Crippen LogP contribution in [-0.4, -0.2) is 24.2 Å². The van der Waals surface area contributed by atoms with Crippen molar-refractivity contribution in [2.75, 3.05) is 12.4 Å². The number of rotatable bonds is 3. The van der Waals surface area contributed by atoms with Crippen molar-refractivity contribution < 1.29 is 9.53 Å². The number of fused-ring (bicyclic) bond motifs is 1. The van der Waals surface area contributed by atoms with Crippen molar-refractivity contribution in [3.05, 3.63) is 47.1 Å². The number of pyridine rings is 1. The highest BCUT2D eigenvalue weighted by Crippen LogP contribution is 2.32. The summed E-state index contributed by atoms with van der Waals surface area (Å²) in [7, 11) is 1.58. The Hall–Kier alpha value is -2.40. The third kappa shape index (κ3) is 2.60. The van der Waals surface area contributed by atoms with Crippen molar-refractivity contribution in [2.24, 2.45) is 4.99 Å². The molecular formula is C15H12ClN3O2. The molecule has 1 aromatic heterocycles. The van der Waals surface area contributed by atoms with Gasteiger partial charge in [0.2, 0.25) is 5.91 Å². The van der Waals surface area contributed by atoms with E-state index in [-0.39, 0.29) is 5.91 Å². The maximum absolute atomic E-state index is 12.0. The van der Waals surface area contributed by atoms with Crippen molar-refractivity contribution >= 4 is 35.2 Å². The molecule has 1 aromatic carbocycles. The zero-order valence-corrected chi connectivity index (χ0v) is 12.0. The van der Waals surface area contributed by atoms with Crippen LogP contribution in [0.25, 0.3) is 0 Å². The van der Waals surface area contributed by atoms with Crippen LogP contribution in [0, 0.1) is 0 Å². The van der Waals surface area contributed by atoms with Crippen molar-refractivity contribution in [3.8, 4) is 5.75 Å². The van der Waals surface area contributed by atoms with Crippen LogP contribution in [0.5, 0.6) is 5.75 Å². The van der Waals surface area contributed by atoms with Crippen LogP contribution in [0.15, 0.2) is 41.4 Å². The average molecular weight is 302 g/mol. The normalized spacial score (nSPS) is 16.9. The van der Waals surface area contributed by atoms with Crippen LogP contribution < -0.4 is 10.1 Å². The average Bonchev–Trinajstić information content (AvgIpc) is 2.80. The second-order valence-corrected chi connectivity index (χ2v) is 4.88. The number of nitrogens with one attached hydrogen (secondary N) is 1.